The second-order valence-electron chi connectivity index (χ2n) is 4.74. The molecule has 1 aromatic rings. The van der Waals surface area contributed by atoms with Crippen LogP contribution in [0.3, 0.4) is 0 Å². The van der Waals surface area contributed by atoms with E-state index in [1.54, 1.807) is 0 Å². The summed E-state index contributed by atoms with van der Waals surface area (Å²) >= 11 is 0. The van der Waals surface area contributed by atoms with Crippen LogP contribution in [0, 0.1) is 23.1 Å². The fourth-order valence-corrected chi connectivity index (χ4v) is 1.89. The van der Waals surface area contributed by atoms with Gasteiger partial charge in [-0.05, 0) is 11.8 Å². The summed E-state index contributed by atoms with van der Waals surface area (Å²) in [6, 6.07) is 4.85. The molecule has 16 heavy (non-hydrogen) atoms. The van der Waals surface area contributed by atoms with E-state index in [0.717, 1.165) is 12.8 Å². The van der Waals surface area contributed by atoms with Crippen molar-refractivity contribution in [1.82, 2.24) is 0 Å². The SMILES string of the molecule is CCCC(C)(C)Cc1ccc(F)[c-]c1F.[Ti]. The molecular weight excluding hydrogens is 242 g/mol. The van der Waals surface area contributed by atoms with Crippen molar-refractivity contribution in [2.24, 2.45) is 5.41 Å². The van der Waals surface area contributed by atoms with Gasteiger partial charge >= 0.3 is 0 Å². The van der Waals surface area contributed by atoms with Gasteiger partial charge in [0.2, 0.25) is 0 Å². The maximum Gasteiger partial charge on any atom is 0.0168 e. The average Bonchev–Trinajstić information content (AvgIpc) is 2.09. The van der Waals surface area contributed by atoms with E-state index in [9.17, 15) is 8.78 Å². The Hall–Kier alpha value is -0.206. The van der Waals surface area contributed by atoms with Crippen molar-refractivity contribution >= 4 is 0 Å². The van der Waals surface area contributed by atoms with Crippen molar-refractivity contribution in [2.75, 3.05) is 0 Å². The van der Waals surface area contributed by atoms with E-state index in [1.807, 2.05) is 0 Å². The average molecular weight is 259 g/mol. The predicted molar refractivity (Wildman–Crippen MR) is 57.6 cm³/mol. The molecule has 3 heteroatoms. The monoisotopic (exact) mass is 259 g/mol. The van der Waals surface area contributed by atoms with Gasteiger partial charge < -0.3 is 0 Å². The molecule has 0 aliphatic heterocycles. The maximum atomic E-state index is 13.3. The number of benzene rings is 1. The molecule has 88 valence electrons. The van der Waals surface area contributed by atoms with Crippen LogP contribution in [0.25, 0.3) is 0 Å². The fraction of sp³-hybridized carbons (Fsp3) is 0.538. The molecule has 0 aromatic heterocycles. The van der Waals surface area contributed by atoms with Crippen LogP contribution in [0.5, 0.6) is 0 Å². The Labute approximate surface area is 111 Å². The van der Waals surface area contributed by atoms with Gasteiger partial charge in [0, 0.05) is 33.4 Å². The first-order valence-corrected chi connectivity index (χ1v) is 5.31. The minimum Gasteiger partial charge on any atom is -0.236 e. The Kier molecular flexibility index (Phi) is 6.43. The number of rotatable bonds is 4. The second-order valence-corrected chi connectivity index (χ2v) is 4.74. The van der Waals surface area contributed by atoms with Crippen LogP contribution in [0.2, 0.25) is 0 Å². The molecule has 0 saturated carbocycles. The standard InChI is InChI=1S/C13H17F2.Ti/c1-4-7-13(2,3)9-10-5-6-11(14)8-12(10)15;/h5-6H,4,7,9H2,1-3H3;/q-1;. The minimum absolute atomic E-state index is 0. The van der Waals surface area contributed by atoms with E-state index in [0.29, 0.717) is 12.0 Å². The van der Waals surface area contributed by atoms with E-state index in [2.05, 4.69) is 26.8 Å². The quantitative estimate of drug-likeness (QED) is 0.563. The maximum absolute atomic E-state index is 13.3. The summed E-state index contributed by atoms with van der Waals surface area (Å²) in [5, 5.41) is 0. The van der Waals surface area contributed by atoms with Gasteiger partial charge in [-0.2, -0.15) is 6.07 Å². The van der Waals surface area contributed by atoms with Crippen molar-refractivity contribution in [3.63, 3.8) is 0 Å². The van der Waals surface area contributed by atoms with Crippen LogP contribution in [0.1, 0.15) is 39.2 Å². The molecule has 0 aliphatic rings. The zero-order valence-electron chi connectivity index (χ0n) is 10.0. The molecule has 0 radical (unpaired) electrons. The van der Waals surface area contributed by atoms with Crippen LogP contribution in [0.4, 0.5) is 8.78 Å². The van der Waals surface area contributed by atoms with Crippen LogP contribution >= 0.6 is 0 Å². The molecule has 0 aliphatic carbocycles. The van der Waals surface area contributed by atoms with Crippen molar-refractivity contribution in [3.8, 4) is 0 Å². The summed E-state index contributed by atoms with van der Waals surface area (Å²) in [7, 11) is 0. The van der Waals surface area contributed by atoms with Gasteiger partial charge in [0.1, 0.15) is 0 Å². The molecule has 0 bridgehead atoms. The summed E-state index contributed by atoms with van der Waals surface area (Å²) in [4.78, 5) is 0. The molecule has 0 nitrogen and oxygen atoms in total. The zero-order chi connectivity index (χ0) is 11.5. The van der Waals surface area contributed by atoms with E-state index in [1.165, 1.54) is 12.1 Å². The van der Waals surface area contributed by atoms with Crippen LogP contribution in [-0.2, 0) is 28.1 Å². The van der Waals surface area contributed by atoms with E-state index in [4.69, 9.17) is 0 Å². The third-order valence-corrected chi connectivity index (χ3v) is 2.54. The minimum atomic E-state index is -0.635. The molecule has 0 spiro atoms. The molecule has 0 atom stereocenters. The zero-order valence-corrected chi connectivity index (χ0v) is 11.6. The smallest absolute Gasteiger partial charge is 0.0168 e. The summed E-state index contributed by atoms with van der Waals surface area (Å²) < 4.78 is 26.0. The number of hydrogen-bond acceptors (Lipinski definition) is 0. The molecule has 0 N–H and O–H groups in total. The Morgan fingerprint density at radius 1 is 1.25 bits per heavy atom. The molecule has 0 heterocycles. The largest absolute Gasteiger partial charge is 0.236 e. The summed E-state index contributed by atoms with van der Waals surface area (Å²) in [6.45, 7) is 6.30. The van der Waals surface area contributed by atoms with Crippen molar-refractivity contribution in [3.05, 3.63) is 35.4 Å². The normalized spacial score (nSPS) is 11.1. The van der Waals surface area contributed by atoms with Crippen molar-refractivity contribution < 1.29 is 30.5 Å². The summed E-state index contributed by atoms with van der Waals surface area (Å²) in [5.74, 6) is -1.19. The Bertz CT molecular complexity index is 335. The van der Waals surface area contributed by atoms with Crippen molar-refractivity contribution in [2.45, 2.75) is 40.0 Å². The van der Waals surface area contributed by atoms with Gasteiger partial charge in [0.15, 0.2) is 0 Å². The van der Waals surface area contributed by atoms with Crippen molar-refractivity contribution in [1.29, 1.82) is 0 Å². The molecule has 0 unspecified atom stereocenters. The van der Waals surface area contributed by atoms with E-state index >= 15 is 0 Å². The summed E-state index contributed by atoms with van der Waals surface area (Å²) in [6.07, 6.45) is 2.73. The molecule has 0 fully saturated rings. The van der Waals surface area contributed by atoms with Gasteiger partial charge in [-0.25, -0.2) is 8.78 Å². The summed E-state index contributed by atoms with van der Waals surface area (Å²) in [5.41, 5.74) is 0.608. The van der Waals surface area contributed by atoms with Crippen LogP contribution in [-0.4, -0.2) is 0 Å². The van der Waals surface area contributed by atoms with Gasteiger partial charge in [-0.1, -0.05) is 33.6 Å². The van der Waals surface area contributed by atoms with Crippen LogP contribution < -0.4 is 0 Å². The first-order valence-electron chi connectivity index (χ1n) is 5.31. The first kappa shape index (κ1) is 15.8. The third kappa shape index (κ3) is 4.75. The Morgan fingerprint density at radius 3 is 2.38 bits per heavy atom. The molecular formula is C13H17F2Ti-. The second kappa shape index (κ2) is 6.51. The molecule has 0 amide bonds. The van der Waals surface area contributed by atoms with E-state index < -0.39 is 11.6 Å². The third-order valence-electron chi connectivity index (χ3n) is 2.54. The molecule has 0 saturated heterocycles. The van der Waals surface area contributed by atoms with Gasteiger partial charge in [0.05, 0.1) is 0 Å². The number of hydrogen-bond donors (Lipinski definition) is 0. The molecule has 1 rings (SSSR count). The van der Waals surface area contributed by atoms with Crippen LogP contribution in [0.15, 0.2) is 12.1 Å². The molecule has 1 aromatic carbocycles. The Balaban J connectivity index is 0.00000225. The topological polar surface area (TPSA) is 0 Å². The number of halogens is 2. The predicted octanol–water partition coefficient (Wildman–Crippen LogP) is 4.13. The van der Waals surface area contributed by atoms with Gasteiger partial charge in [-0.15, -0.1) is 17.7 Å². The first-order chi connectivity index (χ1) is 6.94. The van der Waals surface area contributed by atoms with E-state index in [-0.39, 0.29) is 27.1 Å². The van der Waals surface area contributed by atoms with Gasteiger partial charge in [-0.3, -0.25) is 0 Å². The Morgan fingerprint density at radius 2 is 1.88 bits per heavy atom. The fourth-order valence-electron chi connectivity index (χ4n) is 1.89. The van der Waals surface area contributed by atoms with Gasteiger partial charge in [0.25, 0.3) is 0 Å².